The molecule has 1 unspecified atom stereocenters. The van der Waals surface area contributed by atoms with Crippen LogP contribution in [0.5, 0.6) is 5.75 Å². The van der Waals surface area contributed by atoms with Crippen molar-refractivity contribution in [2.24, 2.45) is 0 Å². The zero-order chi connectivity index (χ0) is 13.7. The average Bonchev–Trinajstić information content (AvgIpc) is 2.81. The van der Waals surface area contributed by atoms with E-state index in [4.69, 9.17) is 4.74 Å². The van der Waals surface area contributed by atoms with Gasteiger partial charge in [0.15, 0.2) is 0 Å². The highest BCUT2D eigenvalue weighted by atomic mass is 16.5. The number of aryl methyl sites for hydroxylation is 2. The van der Waals surface area contributed by atoms with Crippen LogP contribution in [0, 0.1) is 13.8 Å². The molecule has 0 aromatic heterocycles. The van der Waals surface area contributed by atoms with Crippen LogP contribution in [0.1, 0.15) is 24.0 Å². The molecule has 1 aliphatic rings. The molecule has 0 amide bonds. The topological polar surface area (TPSA) is 24.5 Å². The minimum absolute atomic E-state index is 0.681. The predicted octanol–water partition coefficient (Wildman–Crippen LogP) is 2.37. The second-order valence-corrected chi connectivity index (χ2v) is 5.60. The van der Waals surface area contributed by atoms with E-state index in [0.717, 1.165) is 25.3 Å². The molecule has 0 aliphatic carbocycles. The van der Waals surface area contributed by atoms with E-state index in [0.29, 0.717) is 6.04 Å². The molecule has 3 heteroatoms. The third-order valence-corrected chi connectivity index (χ3v) is 3.76. The molecule has 106 valence electrons. The molecule has 1 atom stereocenters. The van der Waals surface area contributed by atoms with Gasteiger partial charge in [0, 0.05) is 19.1 Å². The molecule has 2 rings (SSSR count). The molecule has 1 aliphatic heterocycles. The maximum absolute atomic E-state index is 5.84. The van der Waals surface area contributed by atoms with Crippen LogP contribution in [-0.2, 0) is 0 Å². The third-order valence-electron chi connectivity index (χ3n) is 3.76. The van der Waals surface area contributed by atoms with Crippen LogP contribution in [0.25, 0.3) is 0 Å². The van der Waals surface area contributed by atoms with Crippen molar-refractivity contribution in [3.05, 3.63) is 29.3 Å². The maximum atomic E-state index is 5.84. The van der Waals surface area contributed by atoms with Crippen molar-refractivity contribution in [3.8, 4) is 5.75 Å². The van der Waals surface area contributed by atoms with Gasteiger partial charge in [0.2, 0.25) is 0 Å². The van der Waals surface area contributed by atoms with Crippen molar-refractivity contribution in [1.82, 2.24) is 10.2 Å². The van der Waals surface area contributed by atoms with Gasteiger partial charge in [-0.05, 0) is 63.5 Å². The molecule has 0 saturated carbocycles. The van der Waals surface area contributed by atoms with Gasteiger partial charge >= 0.3 is 0 Å². The van der Waals surface area contributed by atoms with Gasteiger partial charge in [-0.1, -0.05) is 6.07 Å². The van der Waals surface area contributed by atoms with E-state index in [1.54, 1.807) is 0 Å². The van der Waals surface area contributed by atoms with E-state index in [2.05, 4.69) is 49.3 Å². The summed E-state index contributed by atoms with van der Waals surface area (Å²) in [6, 6.07) is 7.08. The Morgan fingerprint density at radius 2 is 2.00 bits per heavy atom. The lowest BCUT2D eigenvalue weighted by molar-refractivity contribution is 0.260. The molecule has 0 radical (unpaired) electrons. The molecule has 1 aromatic rings. The smallest absolute Gasteiger partial charge is 0.119 e. The van der Waals surface area contributed by atoms with Crippen LogP contribution >= 0.6 is 0 Å². The molecular weight excluding hydrogens is 236 g/mol. The fraction of sp³-hybridized carbons (Fsp3) is 0.625. The number of ether oxygens (including phenoxy) is 1. The van der Waals surface area contributed by atoms with Crippen LogP contribution < -0.4 is 10.1 Å². The summed E-state index contributed by atoms with van der Waals surface area (Å²) < 4.78 is 5.84. The number of hydrogen-bond acceptors (Lipinski definition) is 3. The SMILES string of the molecule is CNC1CCN(CCCOc2cc(C)cc(C)c2)C1. The first-order valence-corrected chi connectivity index (χ1v) is 7.28. The number of nitrogens with one attached hydrogen (secondary N) is 1. The minimum atomic E-state index is 0.681. The summed E-state index contributed by atoms with van der Waals surface area (Å²) in [7, 11) is 2.05. The summed E-state index contributed by atoms with van der Waals surface area (Å²) in [4.78, 5) is 2.52. The highest BCUT2D eigenvalue weighted by Gasteiger charge is 2.19. The molecule has 1 N–H and O–H groups in total. The Bertz CT molecular complexity index is 385. The molecular formula is C16H26N2O. The molecule has 19 heavy (non-hydrogen) atoms. The molecule has 3 nitrogen and oxygen atoms in total. The third kappa shape index (κ3) is 4.51. The average molecular weight is 262 g/mol. The van der Waals surface area contributed by atoms with Gasteiger partial charge in [0.1, 0.15) is 5.75 Å². The first kappa shape index (κ1) is 14.4. The van der Waals surface area contributed by atoms with E-state index in [9.17, 15) is 0 Å². The minimum Gasteiger partial charge on any atom is -0.494 e. The molecule has 1 saturated heterocycles. The Kier molecular flexibility index (Phi) is 5.23. The van der Waals surface area contributed by atoms with Crippen molar-refractivity contribution in [1.29, 1.82) is 0 Å². The zero-order valence-corrected chi connectivity index (χ0v) is 12.4. The van der Waals surface area contributed by atoms with Gasteiger partial charge in [0.25, 0.3) is 0 Å². The Morgan fingerprint density at radius 1 is 1.26 bits per heavy atom. The molecule has 1 heterocycles. The van der Waals surface area contributed by atoms with E-state index in [1.165, 1.54) is 30.6 Å². The van der Waals surface area contributed by atoms with Crippen molar-refractivity contribution in [3.63, 3.8) is 0 Å². The van der Waals surface area contributed by atoms with E-state index >= 15 is 0 Å². The summed E-state index contributed by atoms with van der Waals surface area (Å²) in [5.41, 5.74) is 2.54. The summed E-state index contributed by atoms with van der Waals surface area (Å²) in [5, 5.41) is 3.35. The molecule has 1 fully saturated rings. The van der Waals surface area contributed by atoms with Gasteiger partial charge < -0.3 is 15.0 Å². The van der Waals surface area contributed by atoms with Crippen molar-refractivity contribution in [2.75, 3.05) is 33.3 Å². The fourth-order valence-corrected chi connectivity index (χ4v) is 2.77. The monoisotopic (exact) mass is 262 g/mol. The molecule has 0 bridgehead atoms. The second kappa shape index (κ2) is 6.92. The summed E-state index contributed by atoms with van der Waals surface area (Å²) >= 11 is 0. The number of likely N-dealkylation sites (tertiary alicyclic amines) is 1. The summed E-state index contributed by atoms with van der Waals surface area (Å²) in [6.07, 6.45) is 2.37. The highest BCUT2D eigenvalue weighted by molar-refractivity contribution is 5.32. The van der Waals surface area contributed by atoms with E-state index in [-0.39, 0.29) is 0 Å². The zero-order valence-electron chi connectivity index (χ0n) is 12.4. The van der Waals surface area contributed by atoms with Crippen molar-refractivity contribution < 1.29 is 4.74 Å². The number of hydrogen-bond donors (Lipinski definition) is 1. The van der Waals surface area contributed by atoms with Gasteiger partial charge in [-0.25, -0.2) is 0 Å². The lowest BCUT2D eigenvalue weighted by Crippen LogP contribution is -2.30. The fourth-order valence-electron chi connectivity index (χ4n) is 2.77. The first-order valence-electron chi connectivity index (χ1n) is 7.28. The number of benzene rings is 1. The highest BCUT2D eigenvalue weighted by Crippen LogP contribution is 2.16. The van der Waals surface area contributed by atoms with Crippen molar-refractivity contribution in [2.45, 2.75) is 32.7 Å². The van der Waals surface area contributed by atoms with Crippen LogP contribution in [0.15, 0.2) is 18.2 Å². The van der Waals surface area contributed by atoms with Gasteiger partial charge in [-0.2, -0.15) is 0 Å². The number of nitrogens with zero attached hydrogens (tertiary/aromatic N) is 1. The van der Waals surface area contributed by atoms with Crippen LogP contribution in [-0.4, -0.2) is 44.2 Å². The summed E-state index contributed by atoms with van der Waals surface area (Å²) in [6.45, 7) is 8.58. The first-order chi connectivity index (χ1) is 9.17. The number of rotatable bonds is 6. The van der Waals surface area contributed by atoms with Gasteiger partial charge in [0.05, 0.1) is 6.61 Å². The number of likely N-dealkylation sites (N-methyl/N-ethyl adjacent to an activating group) is 1. The lowest BCUT2D eigenvalue weighted by atomic mass is 10.1. The standard InChI is InChI=1S/C16H26N2O/c1-13-9-14(2)11-16(10-13)19-8-4-6-18-7-5-15(12-18)17-3/h9-11,15,17H,4-8,12H2,1-3H3. The quantitative estimate of drug-likeness (QED) is 0.797. The largest absolute Gasteiger partial charge is 0.494 e. The molecule has 0 spiro atoms. The maximum Gasteiger partial charge on any atom is 0.119 e. The van der Waals surface area contributed by atoms with E-state index < -0.39 is 0 Å². The van der Waals surface area contributed by atoms with Crippen molar-refractivity contribution >= 4 is 0 Å². The van der Waals surface area contributed by atoms with Gasteiger partial charge in [-0.3, -0.25) is 0 Å². The summed E-state index contributed by atoms with van der Waals surface area (Å²) in [5.74, 6) is 1.01. The van der Waals surface area contributed by atoms with Crippen LogP contribution in [0.4, 0.5) is 0 Å². The normalized spacial score (nSPS) is 19.8. The Morgan fingerprint density at radius 3 is 2.63 bits per heavy atom. The van der Waals surface area contributed by atoms with Gasteiger partial charge in [-0.15, -0.1) is 0 Å². The second-order valence-electron chi connectivity index (χ2n) is 5.60. The van der Waals surface area contributed by atoms with Crippen LogP contribution in [0.2, 0.25) is 0 Å². The Labute approximate surface area is 116 Å². The van der Waals surface area contributed by atoms with Crippen LogP contribution in [0.3, 0.4) is 0 Å². The molecule has 1 aromatic carbocycles. The Balaban J connectivity index is 1.67. The van der Waals surface area contributed by atoms with E-state index in [1.807, 2.05) is 0 Å². The Hall–Kier alpha value is -1.06. The predicted molar refractivity (Wildman–Crippen MR) is 79.9 cm³/mol. The lowest BCUT2D eigenvalue weighted by Gasteiger charge is -2.16.